The zero-order chi connectivity index (χ0) is 22.5. The highest BCUT2D eigenvalue weighted by Gasteiger charge is 2.43. The number of piperidine rings is 1. The van der Waals surface area contributed by atoms with Gasteiger partial charge in [0.25, 0.3) is 5.92 Å². The molecular formula is C22H24F2N6O2. The molecular weight excluding hydrogens is 418 g/mol. The lowest BCUT2D eigenvalue weighted by atomic mass is 10.0. The molecule has 0 N–H and O–H groups in total. The molecule has 168 valence electrons. The largest absolute Gasteiger partial charge is 0.341 e. The van der Waals surface area contributed by atoms with Gasteiger partial charge in [0.1, 0.15) is 0 Å². The van der Waals surface area contributed by atoms with Crippen LogP contribution in [0.15, 0.2) is 46.2 Å². The quantitative estimate of drug-likeness (QED) is 0.574. The van der Waals surface area contributed by atoms with Crippen molar-refractivity contribution in [1.29, 1.82) is 0 Å². The molecule has 3 aromatic rings. The molecule has 0 unspecified atom stereocenters. The fourth-order valence-corrected chi connectivity index (χ4v) is 4.67. The number of aromatic nitrogens is 4. The highest BCUT2D eigenvalue weighted by molar-refractivity contribution is 5.75. The van der Waals surface area contributed by atoms with Crippen LogP contribution in [0.25, 0.3) is 11.0 Å². The second kappa shape index (κ2) is 7.77. The number of halogens is 2. The van der Waals surface area contributed by atoms with Crippen molar-refractivity contribution in [2.75, 3.05) is 31.1 Å². The molecule has 1 aromatic carbocycles. The second-order valence-electron chi connectivity index (χ2n) is 8.64. The Hall–Kier alpha value is -3.14. The van der Waals surface area contributed by atoms with Crippen LogP contribution < -0.4 is 16.0 Å². The van der Waals surface area contributed by atoms with Gasteiger partial charge < -0.3 is 9.47 Å². The number of hydrogen-bond donors (Lipinski definition) is 0. The molecule has 2 aliphatic rings. The van der Waals surface area contributed by atoms with Crippen molar-refractivity contribution in [2.45, 2.75) is 31.4 Å². The Morgan fingerprint density at radius 1 is 1.00 bits per heavy atom. The summed E-state index contributed by atoms with van der Waals surface area (Å²) < 4.78 is 29.0. The number of fused-ring (bicyclic) bond motifs is 1. The molecule has 2 aromatic heterocycles. The second-order valence-corrected chi connectivity index (χ2v) is 8.64. The van der Waals surface area contributed by atoms with Gasteiger partial charge >= 0.3 is 11.1 Å². The van der Waals surface area contributed by atoms with Gasteiger partial charge in [-0.3, -0.25) is 19.1 Å². The molecule has 5 rings (SSSR count). The molecule has 2 aliphatic heterocycles. The fourth-order valence-electron chi connectivity index (χ4n) is 4.67. The summed E-state index contributed by atoms with van der Waals surface area (Å²) >= 11 is 0. The van der Waals surface area contributed by atoms with Gasteiger partial charge in [0.15, 0.2) is 0 Å². The van der Waals surface area contributed by atoms with Crippen molar-refractivity contribution in [1.82, 2.24) is 24.0 Å². The summed E-state index contributed by atoms with van der Waals surface area (Å²) in [5.41, 5.74) is 1.28. The van der Waals surface area contributed by atoms with Crippen LogP contribution in [0.4, 0.5) is 14.7 Å². The van der Waals surface area contributed by atoms with Crippen LogP contribution in [0, 0.1) is 0 Å². The topological polar surface area (TPSA) is 76.3 Å². The number of likely N-dealkylation sites (tertiary alicyclic amines) is 1. The fraction of sp³-hybridized carbons (Fsp3) is 0.455. The zero-order valence-corrected chi connectivity index (χ0v) is 17.7. The minimum atomic E-state index is -2.58. The van der Waals surface area contributed by atoms with E-state index in [4.69, 9.17) is 0 Å². The van der Waals surface area contributed by atoms with Crippen LogP contribution in [0.3, 0.4) is 0 Å². The van der Waals surface area contributed by atoms with E-state index in [9.17, 15) is 18.4 Å². The first-order valence-electron chi connectivity index (χ1n) is 10.7. The maximum Gasteiger partial charge on any atom is 0.317 e. The molecule has 0 radical (unpaired) electrons. The summed E-state index contributed by atoms with van der Waals surface area (Å²) in [6.07, 6.45) is 4.74. The predicted octanol–water partition coefficient (Wildman–Crippen LogP) is 1.78. The Kier molecular flexibility index (Phi) is 5.04. The van der Waals surface area contributed by atoms with Crippen molar-refractivity contribution in [3.8, 4) is 0 Å². The minimum Gasteiger partial charge on any atom is -0.341 e. The summed E-state index contributed by atoms with van der Waals surface area (Å²) in [6, 6.07) is 7.36. The maximum atomic E-state index is 13.0. The molecule has 4 heterocycles. The molecule has 0 amide bonds. The van der Waals surface area contributed by atoms with Crippen LogP contribution in [-0.2, 0) is 13.6 Å². The van der Waals surface area contributed by atoms with Gasteiger partial charge in [-0.15, -0.1) is 0 Å². The molecule has 0 atom stereocenters. The zero-order valence-electron chi connectivity index (χ0n) is 17.7. The summed E-state index contributed by atoms with van der Waals surface area (Å²) in [6.45, 7) is 1.27. The minimum absolute atomic E-state index is 0.0788. The van der Waals surface area contributed by atoms with Crippen molar-refractivity contribution < 1.29 is 8.78 Å². The van der Waals surface area contributed by atoms with Gasteiger partial charge in [-0.2, -0.15) is 0 Å². The lowest BCUT2D eigenvalue weighted by Gasteiger charge is -2.38. The van der Waals surface area contributed by atoms with Gasteiger partial charge in [0.2, 0.25) is 5.95 Å². The first-order valence-corrected chi connectivity index (χ1v) is 10.7. The standard InChI is InChI=1S/C22H24F2N6O2/c1-27-17-4-2-3-5-18(17)30(20(32)19(27)31)16-6-8-29(9-7-16)21-25-10-15(11-26-21)12-28-13-22(23,24)14-28/h2-5,10-11,16H,6-9,12-14H2,1H3. The summed E-state index contributed by atoms with van der Waals surface area (Å²) in [5, 5.41) is 0. The van der Waals surface area contributed by atoms with Gasteiger partial charge in [-0.1, -0.05) is 12.1 Å². The number of benzene rings is 1. The van der Waals surface area contributed by atoms with Gasteiger partial charge in [-0.05, 0) is 25.0 Å². The van der Waals surface area contributed by atoms with Gasteiger partial charge in [0, 0.05) is 50.7 Å². The Balaban J connectivity index is 1.29. The van der Waals surface area contributed by atoms with Crippen molar-refractivity contribution >= 4 is 17.0 Å². The van der Waals surface area contributed by atoms with Crippen LogP contribution in [0.2, 0.25) is 0 Å². The van der Waals surface area contributed by atoms with Crippen molar-refractivity contribution in [2.24, 2.45) is 7.05 Å². The summed E-state index contributed by atoms with van der Waals surface area (Å²) in [7, 11) is 1.62. The Morgan fingerprint density at radius 2 is 1.62 bits per heavy atom. The maximum absolute atomic E-state index is 13.0. The lowest BCUT2D eigenvalue weighted by molar-refractivity contribution is -0.133. The number of rotatable bonds is 4. The van der Waals surface area contributed by atoms with Gasteiger partial charge in [0.05, 0.1) is 24.1 Å². The lowest BCUT2D eigenvalue weighted by Crippen LogP contribution is -2.55. The molecule has 8 nitrogen and oxygen atoms in total. The molecule has 0 bridgehead atoms. The van der Waals surface area contributed by atoms with Crippen LogP contribution in [0.1, 0.15) is 24.4 Å². The van der Waals surface area contributed by atoms with Crippen LogP contribution in [0.5, 0.6) is 0 Å². The van der Waals surface area contributed by atoms with E-state index in [2.05, 4.69) is 9.97 Å². The number of anilines is 1. The smallest absolute Gasteiger partial charge is 0.317 e. The Bertz CT molecular complexity index is 1250. The SMILES string of the molecule is Cn1c(=O)c(=O)n(C2CCN(c3ncc(CN4CC(F)(F)C4)cn3)CC2)c2ccccc21. The average Bonchev–Trinajstić information content (AvgIpc) is 2.78. The monoisotopic (exact) mass is 442 g/mol. The van der Waals surface area contributed by atoms with E-state index in [1.807, 2.05) is 29.2 Å². The third-order valence-electron chi connectivity index (χ3n) is 6.33. The Labute approximate surface area is 182 Å². The number of hydrogen-bond acceptors (Lipinski definition) is 6. The third kappa shape index (κ3) is 3.68. The number of para-hydroxylation sites is 2. The number of alkyl halides is 2. The molecule has 10 heteroatoms. The normalized spacial score (nSPS) is 19.3. The van der Waals surface area contributed by atoms with Crippen molar-refractivity contribution in [3.05, 3.63) is 62.9 Å². The molecule has 32 heavy (non-hydrogen) atoms. The van der Waals surface area contributed by atoms with E-state index < -0.39 is 17.0 Å². The third-order valence-corrected chi connectivity index (χ3v) is 6.33. The molecule has 2 saturated heterocycles. The first kappa shape index (κ1) is 20.7. The van der Waals surface area contributed by atoms with E-state index in [-0.39, 0.29) is 19.1 Å². The van der Waals surface area contributed by atoms with Crippen LogP contribution >= 0.6 is 0 Å². The van der Waals surface area contributed by atoms with E-state index in [1.54, 1.807) is 28.9 Å². The van der Waals surface area contributed by atoms with Gasteiger partial charge in [-0.25, -0.2) is 18.7 Å². The molecule has 0 spiro atoms. The first-order chi connectivity index (χ1) is 15.3. The highest BCUT2D eigenvalue weighted by Crippen LogP contribution is 2.29. The van der Waals surface area contributed by atoms with E-state index in [0.717, 1.165) is 16.6 Å². The predicted molar refractivity (Wildman–Crippen MR) is 116 cm³/mol. The molecule has 0 saturated carbocycles. The van der Waals surface area contributed by atoms with E-state index >= 15 is 0 Å². The molecule has 2 fully saturated rings. The highest BCUT2D eigenvalue weighted by atomic mass is 19.3. The Morgan fingerprint density at radius 3 is 2.25 bits per heavy atom. The number of nitrogens with zero attached hydrogens (tertiary/aromatic N) is 6. The molecule has 0 aliphatic carbocycles. The van der Waals surface area contributed by atoms with E-state index in [1.165, 1.54) is 4.57 Å². The summed E-state index contributed by atoms with van der Waals surface area (Å²) in [5.74, 6) is -2.00. The average molecular weight is 442 g/mol. The summed E-state index contributed by atoms with van der Waals surface area (Å²) in [4.78, 5) is 37.8. The van der Waals surface area contributed by atoms with Crippen molar-refractivity contribution in [3.63, 3.8) is 0 Å². The van der Waals surface area contributed by atoms with E-state index in [0.29, 0.717) is 38.4 Å². The number of aryl methyl sites for hydroxylation is 1. The van der Waals surface area contributed by atoms with Crippen LogP contribution in [-0.4, -0.2) is 56.1 Å².